The summed E-state index contributed by atoms with van der Waals surface area (Å²) in [6.07, 6.45) is -0.705. The molecular weight excluding hydrogens is 340 g/mol. The molecular formula is C14H19BrN2O4. The fraction of sp³-hybridized carbons (Fsp3) is 0.500. The van der Waals surface area contributed by atoms with Crippen LogP contribution in [0.15, 0.2) is 30.3 Å². The topological polar surface area (TPSA) is 81.5 Å². The minimum Gasteiger partial charge on any atom is -0.444 e. The third-order valence-electron chi connectivity index (χ3n) is 2.68. The number of alkyl halides is 1. The van der Waals surface area contributed by atoms with Crippen molar-refractivity contribution in [2.24, 2.45) is 0 Å². The molecule has 0 aromatic heterocycles. The van der Waals surface area contributed by atoms with Gasteiger partial charge in [0.15, 0.2) is 0 Å². The van der Waals surface area contributed by atoms with Gasteiger partial charge in [-0.3, -0.25) is 10.1 Å². The number of nitrogens with zero attached hydrogens (tertiary/aromatic N) is 1. The van der Waals surface area contributed by atoms with E-state index in [1.807, 2.05) is 0 Å². The summed E-state index contributed by atoms with van der Waals surface area (Å²) in [4.78, 5) is 22.7. The number of hydrogen-bond acceptors (Lipinski definition) is 4. The highest BCUT2D eigenvalue weighted by molar-refractivity contribution is 9.10. The molecule has 0 heterocycles. The van der Waals surface area contributed by atoms with Crippen molar-refractivity contribution in [1.82, 2.24) is 5.32 Å². The number of nitrogens with one attached hydrogen (secondary N) is 1. The van der Waals surface area contributed by atoms with Crippen molar-refractivity contribution in [3.63, 3.8) is 0 Å². The highest BCUT2D eigenvalue weighted by Gasteiger charge is 2.45. The number of carbonyl (C=O) groups excluding carboxylic acids is 1. The fourth-order valence-electron chi connectivity index (χ4n) is 1.70. The zero-order valence-corrected chi connectivity index (χ0v) is 14.0. The van der Waals surface area contributed by atoms with Gasteiger partial charge >= 0.3 is 6.09 Å². The summed E-state index contributed by atoms with van der Waals surface area (Å²) in [6, 6.07) is 7.86. The van der Waals surface area contributed by atoms with Crippen LogP contribution in [-0.4, -0.2) is 21.1 Å². The van der Waals surface area contributed by atoms with Gasteiger partial charge in [-0.05, 0) is 26.3 Å². The number of benzene rings is 1. The maximum absolute atomic E-state index is 11.9. The van der Waals surface area contributed by atoms with E-state index in [1.165, 1.54) is 6.92 Å². The van der Waals surface area contributed by atoms with E-state index in [2.05, 4.69) is 21.2 Å². The number of nitro groups is 1. The molecule has 1 amide bonds. The maximum Gasteiger partial charge on any atom is 0.408 e. The number of alkyl carbamates (subject to hydrolysis) is 1. The SMILES string of the molecule is CC(C)(C)OC(=O)N[C@@H](c1ccccc1)[C@](C)(Br)[N+](=O)[O-]. The number of carbonyl (C=O) groups is 1. The molecule has 0 aliphatic heterocycles. The van der Waals surface area contributed by atoms with Gasteiger partial charge in [0.1, 0.15) is 11.6 Å². The molecule has 7 heteroatoms. The third-order valence-corrected chi connectivity index (χ3v) is 3.43. The van der Waals surface area contributed by atoms with Crippen molar-refractivity contribution in [1.29, 1.82) is 0 Å². The first kappa shape index (κ1) is 17.4. The molecule has 0 radical (unpaired) electrons. The molecule has 1 rings (SSSR count). The van der Waals surface area contributed by atoms with Gasteiger partial charge in [0, 0.05) is 27.8 Å². The van der Waals surface area contributed by atoms with E-state index >= 15 is 0 Å². The Kier molecular flexibility index (Phi) is 5.33. The van der Waals surface area contributed by atoms with E-state index in [4.69, 9.17) is 4.74 Å². The molecule has 0 saturated carbocycles. The number of rotatable bonds is 4. The van der Waals surface area contributed by atoms with Gasteiger partial charge in [0.25, 0.3) is 4.45 Å². The highest BCUT2D eigenvalue weighted by atomic mass is 79.9. The average molecular weight is 359 g/mol. The average Bonchev–Trinajstić information content (AvgIpc) is 2.34. The molecule has 0 fully saturated rings. The quantitative estimate of drug-likeness (QED) is 0.385. The first-order chi connectivity index (χ1) is 9.54. The number of ether oxygens (including phenoxy) is 1. The molecule has 0 spiro atoms. The molecule has 0 aliphatic carbocycles. The standard InChI is InChI=1S/C14H19BrN2O4/c1-13(2,3)21-12(18)16-11(14(4,15)17(19)20)10-8-6-5-7-9-10/h5-9,11H,1-4H3,(H,16,18)/t11-,14+/m0/s1. The summed E-state index contributed by atoms with van der Waals surface area (Å²) in [5.74, 6) is 0. The molecule has 6 nitrogen and oxygen atoms in total. The molecule has 1 N–H and O–H groups in total. The predicted molar refractivity (Wildman–Crippen MR) is 82.9 cm³/mol. The van der Waals surface area contributed by atoms with E-state index in [0.717, 1.165) is 0 Å². The van der Waals surface area contributed by atoms with Crippen LogP contribution in [0.2, 0.25) is 0 Å². The van der Waals surface area contributed by atoms with Gasteiger partial charge in [0.05, 0.1) is 0 Å². The largest absolute Gasteiger partial charge is 0.444 e. The Hall–Kier alpha value is -1.63. The zero-order valence-electron chi connectivity index (χ0n) is 12.4. The molecule has 21 heavy (non-hydrogen) atoms. The van der Waals surface area contributed by atoms with Gasteiger partial charge in [-0.2, -0.15) is 0 Å². The van der Waals surface area contributed by atoms with E-state index in [9.17, 15) is 14.9 Å². The number of hydrogen-bond donors (Lipinski definition) is 1. The molecule has 116 valence electrons. The normalized spacial score (nSPS) is 15.7. The minimum absolute atomic E-state index is 0.484. The smallest absolute Gasteiger partial charge is 0.408 e. The Morgan fingerprint density at radius 1 is 1.29 bits per heavy atom. The van der Waals surface area contributed by atoms with E-state index in [0.29, 0.717) is 5.56 Å². The second-order valence-corrected chi connectivity index (χ2v) is 7.38. The van der Waals surface area contributed by atoms with Crippen LogP contribution in [0.5, 0.6) is 0 Å². The second-order valence-electron chi connectivity index (χ2n) is 5.77. The summed E-state index contributed by atoms with van der Waals surface area (Å²) in [6.45, 7) is 6.57. The molecule has 2 atom stereocenters. The summed E-state index contributed by atoms with van der Waals surface area (Å²) < 4.78 is 3.62. The monoisotopic (exact) mass is 358 g/mol. The lowest BCUT2D eigenvalue weighted by Crippen LogP contribution is -2.46. The van der Waals surface area contributed by atoms with Crippen LogP contribution in [0, 0.1) is 10.1 Å². The van der Waals surface area contributed by atoms with Gasteiger partial charge in [-0.25, -0.2) is 4.79 Å². The zero-order chi connectivity index (χ0) is 16.3. The van der Waals surface area contributed by atoms with Crippen LogP contribution in [0.3, 0.4) is 0 Å². The number of halogens is 1. The van der Waals surface area contributed by atoms with Crippen molar-refractivity contribution >= 4 is 22.0 Å². The molecule has 0 unspecified atom stereocenters. The van der Waals surface area contributed by atoms with Crippen molar-refractivity contribution in [2.45, 2.75) is 43.8 Å². The van der Waals surface area contributed by atoms with Crippen molar-refractivity contribution < 1.29 is 14.5 Å². The third kappa shape index (κ3) is 5.00. The fourth-order valence-corrected chi connectivity index (χ4v) is 2.07. The van der Waals surface area contributed by atoms with Crippen molar-refractivity contribution in [3.05, 3.63) is 46.0 Å². The Labute approximate surface area is 132 Å². The molecule has 0 bridgehead atoms. The summed E-state index contributed by atoms with van der Waals surface area (Å²) in [5.41, 5.74) is -0.0673. The van der Waals surface area contributed by atoms with E-state index < -0.39 is 27.1 Å². The highest BCUT2D eigenvalue weighted by Crippen LogP contribution is 2.34. The second kappa shape index (κ2) is 6.43. The van der Waals surface area contributed by atoms with E-state index in [-0.39, 0.29) is 0 Å². The van der Waals surface area contributed by atoms with Gasteiger partial charge in [-0.15, -0.1) is 0 Å². The molecule has 0 aliphatic rings. The molecule has 0 saturated heterocycles. The summed E-state index contributed by atoms with van der Waals surface area (Å²) in [5, 5.41) is 13.8. The van der Waals surface area contributed by atoms with Crippen molar-refractivity contribution in [2.75, 3.05) is 0 Å². The molecule has 1 aromatic rings. The summed E-state index contributed by atoms with van der Waals surface area (Å²) in [7, 11) is 0. The minimum atomic E-state index is -1.55. The first-order valence-electron chi connectivity index (χ1n) is 6.42. The molecule has 1 aromatic carbocycles. The Morgan fingerprint density at radius 3 is 2.24 bits per heavy atom. The van der Waals surface area contributed by atoms with E-state index in [1.54, 1.807) is 51.1 Å². The maximum atomic E-state index is 11.9. The van der Waals surface area contributed by atoms with Gasteiger partial charge in [-0.1, -0.05) is 30.3 Å². The van der Waals surface area contributed by atoms with Crippen LogP contribution in [0.4, 0.5) is 4.79 Å². The lowest BCUT2D eigenvalue weighted by Gasteiger charge is -2.28. The first-order valence-corrected chi connectivity index (χ1v) is 7.21. The van der Waals surface area contributed by atoms with Crippen LogP contribution in [-0.2, 0) is 4.74 Å². The van der Waals surface area contributed by atoms with Gasteiger partial charge in [0.2, 0.25) is 0 Å². The predicted octanol–water partition coefficient (Wildman–Crippen LogP) is 3.64. The number of amides is 1. The lowest BCUT2D eigenvalue weighted by atomic mass is 10.0. The van der Waals surface area contributed by atoms with Crippen LogP contribution >= 0.6 is 15.9 Å². The summed E-state index contributed by atoms with van der Waals surface area (Å²) >= 11 is 3.09. The van der Waals surface area contributed by atoms with Crippen molar-refractivity contribution in [3.8, 4) is 0 Å². The Bertz CT molecular complexity index is 511. The Balaban J connectivity index is 3.05. The lowest BCUT2D eigenvalue weighted by molar-refractivity contribution is -0.536. The van der Waals surface area contributed by atoms with Crippen LogP contribution in [0.1, 0.15) is 39.3 Å². The Morgan fingerprint density at radius 2 is 1.81 bits per heavy atom. The van der Waals surface area contributed by atoms with Crippen LogP contribution in [0.25, 0.3) is 0 Å². The van der Waals surface area contributed by atoms with Crippen LogP contribution < -0.4 is 5.32 Å². The van der Waals surface area contributed by atoms with Gasteiger partial charge < -0.3 is 10.1 Å².